The SMILES string of the molecule is Cc1ccc(-n2cc(COC3CCCCO3)nn2)cc1F. The molecule has 1 aliphatic heterocycles. The van der Waals surface area contributed by atoms with Crippen molar-refractivity contribution in [2.45, 2.75) is 39.1 Å². The largest absolute Gasteiger partial charge is 0.353 e. The summed E-state index contributed by atoms with van der Waals surface area (Å²) in [6.07, 6.45) is 4.72. The van der Waals surface area contributed by atoms with Gasteiger partial charge in [-0.05, 0) is 43.9 Å². The van der Waals surface area contributed by atoms with Crippen LogP contribution < -0.4 is 0 Å². The molecule has 0 saturated carbocycles. The van der Waals surface area contributed by atoms with Gasteiger partial charge in [-0.2, -0.15) is 0 Å². The third-order valence-electron chi connectivity index (χ3n) is 3.52. The van der Waals surface area contributed by atoms with Crippen molar-refractivity contribution in [2.24, 2.45) is 0 Å². The smallest absolute Gasteiger partial charge is 0.158 e. The van der Waals surface area contributed by atoms with E-state index in [2.05, 4.69) is 10.3 Å². The molecule has 1 saturated heterocycles. The molecule has 0 bridgehead atoms. The summed E-state index contributed by atoms with van der Waals surface area (Å²) in [5.74, 6) is -0.253. The molecular formula is C15H18FN3O2. The predicted octanol–water partition coefficient (Wildman–Crippen LogP) is 2.76. The highest BCUT2D eigenvalue weighted by Gasteiger charge is 2.15. The Balaban J connectivity index is 1.63. The van der Waals surface area contributed by atoms with Gasteiger partial charge in [-0.25, -0.2) is 9.07 Å². The molecule has 0 radical (unpaired) electrons. The number of hydrogen-bond acceptors (Lipinski definition) is 4. The first-order chi connectivity index (χ1) is 10.2. The lowest BCUT2D eigenvalue weighted by molar-refractivity contribution is -0.169. The Morgan fingerprint density at radius 2 is 2.33 bits per heavy atom. The summed E-state index contributed by atoms with van der Waals surface area (Å²) in [6, 6.07) is 4.97. The van der Waals surface area contributed by atoms with E-state index in [-0.39, 0.29) is 12.1 Å². The van der Waals surface area contributed by atoms with Crippen molar-refractivity contribution in [1.82, 2.24) is 15.0 Å². The third-order valence-corrected chi connectivity index (χ3v) is 3.52. The first kappa shape index (κ1) is 14.2. The fourth-order valence-corrected chi connectivity index (χ4v) is 2.24. The van der Waals surface area contributed by atoms with E-state index >= 15 is 0 Å². The van der Waals surface area contributed by atoms with Gasteiger partial charge in [0.25, 0.3) is 0 Å². The number of nitrogens with zero attached hydrogens (tertiary/aromatic N) is 3. The van der Waals surface area contributed by atoms with Crippen LogP contribution in [-0.4, -0.2) is 27.9 Å². The van der Waals surface area contributed by atoms with Gasteiger partial charge in [0.15, 0.2) is 6.29 Å². The second-order valence-electron chi connectivity index (χ2n) is 5.20. The van der Waals surface area contributed by atoms with Crippen LogP contribution in [0.3, 0.4) is 0 Å². The van der Waals surface area contributed by atoms with E-state index in [0.717, 1.165) is 25.9 Å². The minimum atomic E-state index is -0.253. The Labute approximate surface area is 122 Å². The van der Waals surface area contributed by atoms with Crippen molar-refractivity contribution >= 4 is 0 Å². The molecule has 5 nitrogen and oxygen atoms in total. The first-order valence-corrected chi connectivity index (χ1v) is 7.13. The number of aryl methyl sites for hydroxylation is 1. The van der Waals surface area contributed by atoms with Gasteiger partial charge in [-0.15, -0.1) is 5.10 Å². The van der Waals surface area contributed by atoms with Crippen LogP contribution in [-0.2, 0) is 16.1 Å². The van der Waals surface area contributed by atoms with Gasteiger partial charge in [0.05, 0.1) is 18.5 Å². The van der Waals surface area contributed by atoms with Crippen LogP contribution in [0.1, 0.15) is 30.5 Å². The molecule has 1 fully saturated rings. The Bertz CT molecular complexity index is 609. The molecule has 1 atom stereocenters. The minimum absolute atomic E-state index is 0.152. The third kappa shape index (κ3) is 3.46. The van der Waals surface area contributed by atoms with Crippen LogP contribution >= 0.6 is 0 Å². The van der Waals surface area contributed by atoms with Gasteiger partial charge in [0.1, 0.15) is 11.5 Å². The molecule has 0 aliphatic carbocycles. The van der Waals surface area contributed by atoms with E-state index < -0.39 is 0 Å². The summed E-state index contributed by atoms with van der Waals surface area (Å²) in [7, 11) is 0. The molecule has 1 aromatic heterocycles. The van der Waals surface area contributed by atoms with E-state index in [0.29, 0.717) is 23.6 Å². The molecule has 1 aromatic carbocycles. The highest BCUT2D eigenvalue weighted by Crippen LogP contribution is 2.16. The van der Waals surface area contributed by atoms with Gasteiger partial charge in [0, 0.05) is 6.61 Å². The van der Waals surface area contributed by atoms with Gasteiger partial charge in [-0.3, -0.25) is 0 Å². The summed E-state index contributed by atoms with van der Waals surface area (Å²) in [6.45, 7) is 2.82. The molecule has 0 N–H and O–H groups in total. The normalized spacial score (nSPS) is 18.9. The maximum Gasteiger partial charge on any atom is 0.158 e. The summed E-state index contributed by atoms with van der Waals surface area (Å²) in [5.41, 5.74) is 1.95. The molecule has 6 heteroatoms. The number of benzene rings is 1. The Hall–Kier alpha value is -1.79. The molecule has 112 valence electrons. The molecule has 2 heterocycles. The Morgan fingerprint density at radius 1 is 1.43 bits per heavy atom. The van der Waals surface area contributed by atoms with Crippen molar-refractivity contribution < 1.29 is 13.9 Å². The minimum Gasteiger partial charge on any atom is -0.353 e. The first-order valence-electron chi connectivity index (χ1n) is 7.13. The number of halogens is 1. The average Bonchev–Trinajstić information content (AvgIpc) is 2.98. The standard InChI is InChI=1S/C15H18FN3O2/c1-11-5-6-13(8-14(11)16)19-9-12(17-18-19)10-21-15-4-2-3-7-20-15/h5-6,8-9,15H,2-4,7,10H2,1H3. The zero-order valence-corrected chi connectivity index (χ0v) is 12.0. The second kappa shape index (κ2) is 6.32. The summed E-state index contributed by atoms with van der Waals surface area (Å²) in [4.78, 5) is 0. The van der Waals surface area contributed by atoms with E-state index in [4.69, 9.17) is 9.47 Å². The highest BCUT2D eigenvalue weighted by molar-refractivity contribution is 5.34. The van der Waals surface area contributed by atoms with Crippen LogP contribution in [0.4, 0.5) is 4.39 Å². The number of ether oxygens (including phenoxy) is 2. The lowest BCUT2D eigenvalue weighted by atomic mass is 10.2. The fraction of sp³-hybridized carbons (Fsp3) is 0.467. The number of rotatable bonds is 4. The molecule has 2 aromatic rings. The van der Waals surface area contributed by atoms with Gasteiger partial charge >= 0.3 is 0 Å². The van der Waals surface area contributed by atoms with E-state index in [9.17, 15) is 4.39 Å². The summed E-state index contributed by atoms with van der Waals surface area (Å²) < 4.78 is 26.2. The van der Waals surface area contributed by atoms with Crippen molar-refractivity contribution in [3.63, 3.8) is 0 Å². The number of hydrogen-bond donors (Lipinski definition) is 0. The summed E-state index contributed by atoms with van der Waals surface area (Å²) >= 11 is 0. The van der Waals surface area contributed by atoms with Gasteiger partial charge in [0.2, 0.25) is 0 Å². The van der Waals surface area contributed by atoms with Crippen LogP contribution in [0.25, 0.3) is 5.69 Å². The fourth-order valence-electron chi connectivity index (χ4n) is 2.24. The molecule has 1 unspecified atom stereocenters. The second-order valence-corrected chi connectivity index (χ2v) is 5.20. The lowest BCUT2D eigenvalue weighted by Gasteiger charge is -2.22. The monoisotopic (exact) mass is 291 g/mol. The molecule has 0 amide bonds. The topological polar surface area (TPSA) is 49.2 Å². The van der Waals surface area contributed by atoms with E-state index in [1.165, 1.54) is 6.07 Å². The zero-order valence-electron chi connectivity index (χ0n) is 12.0. The maximum atomic E-state index is 13.6. The zero-order chi connectivity index (χ0) is 14.7. The molecular weight excluding hydrogens is 273 g/mol. The maximum absolute atomic E-state index is 13.6. The molecule has 21 heavy (non-hydrogen) atoms. The van der Waals surface area contributed by atoms with E-state index in [1.807, 2.05) is 6.07 Å². The van der Waals surface area contributed by atoms with E-state index in [1.54, 1.807) is 23.9 Å². The van der Waals surface area contributed by atoms with Crippen LogP contribution in [0.2, 0.25) is 0 Å². The molecule has 0 spiro atoms. The molecule has 1 aliphatic rings. The summed E-state index contributed by atoms with van der Waals surface area (Å²) in [5, 5.41) is 8.04. The van der Waals surface area contributed by atoms with Crippen molar-refractivity contribution in [3.8, 4) is 5.69 Å². The van der Waals surface area contributed by atoms with Crippen LogP contribution in [0.15, 0.2) is 24.4 Å². The highest BCUT2D eigenvalue weighted by atomic mass is 19.1. The van der Waals surface area contributed by atoms with Crippen molar-refractivity contribution in [3.05, 3.63) is 41.5 Å². The average molecular weight is 291 g/mol. The van der Waals surface area contributed by atoms with Gasteiger partial charge in [-0.1, -0.05) is 11.3 Å². The van der Waals surface area contributed by atoms with Crippen LogP contribution in [0, 0.1) is 12.7 Å². The molecule has 3 rings (SSSR count). The predicted molar refractivity (Wildman–Crippen MR) is 74.4 cm³/mol. The van der Waals surface area contributed by atoms with Gasteiger partial charge < -0.3 is 9.47 Å². The quantitative estimate of drug-likeness (QED) is 0.869. The van der Waals surface area contributed by atoms with Crippen molar-refractivity contribution in [1.29, 1.82) is 0 Å². The Morgan fingerprint density at radius 3 is 3.10 bits per heavy atom. The number of aromatic nitrogens is 3. The Kier molecular flexibility index (Phi) is 4.26. The van der Waals surface area contributed by atoms with Crippen molar-refractivity contribution in [2.75, 3.05) is 6.61 Å². The lowest BCUT2D eigenvalue weighted by Crippen LogP contribution is -2.22. The van der Waals surface area contributed by atoms with Crippen LogP contribution in [0.5, 0.6) is 0 Å².